The number of methoxy groups -OCH3 is 2. The van der Waals surface area contributed by atoms with E-state index in [0.29, 0.717) is 12.8 Å². The average molecular weight is 492 g/mol. The Labute approximate surface area is 205 Å². The van der Waals surface area contributed by atoms with Gasteiger partial charge in [-0.25, -0.2) is 0 Å². The van der Waals surface area contributed by atoms with E-state index in [4.69, 9.17) is 23.7 Å². The van der Waals surface area contributed by atoms with Gasteiger partial charge in [-0.3, -0.25) is 14.5 Å². The molecule has 9 heteroatoms. The lowest BCUT2D eigenvalue weighted by Gasteiger charge is -2.71. The Hall–Kier alpha value is -1.10. The number of ether oxygens (including phenoxy) is 5. The van der Waals surface area contributed by atoms with Crippen molar-refractivity contribution in [3.8, 4) is 0 Å². The molecule has 12 atom stereocenters. The number of ketones is 1. The lowest BCUT2D eigenvalue weighted by atomic mass is 9.41. The van der Waals surface area contributed by atoms with Crippen LogP contribution >= 0.6 is 0 Å². The molecular weight excluding hydrogens is 454 g/mol. The number of carbonyl (C=O) groups is 2. The Morgan fingerprint density at radius 1 is 1.23 bits per heavy atom. The van der Waals surface area contributed by atoms with Crippen LogP contribution in [0.1, 0.15) is 46.5 Å². The van der Waals surface area contributed by atoms with Gasteiger partial charge in [0.1, 0.15) is 18.5 Å². The first-order chi connectivity index (χ1) is 16.6. The number of likely N-dealkylation sites (tertiary alicyclic amines) is 1. The molecule has 1 N–H and O–H groups in total. The summed E-state index contributed by atoms with van der Waals surface area (Å²) in [6, 6.07) is -0.382. The highest BCUT2D eigenvalue weighted by molar-refractivity contribution is 5.99. The van der Waals surface area contributed by atoms with Gasteiger partial charge in [-0.05, 0) is 31.2 Å². The van der Waals surface area contributed by atoms with E-state index in [9.17, 15) is 14.7 Å². The molecule has 0 aromatic heterocycles. The van der Waals surface area contributed by atoms with E-state index in [1.807, 2.05) is 0 Å². The number of fused-ring (bicyclic) bond motifs is 1. The Kier molecular flexibility index (Phi) is 4.39. The van der Waals surface area contributed by atoms with Crippen molar-refractivity contribution in [3.63, 3.8) is 0 Å². The fourth-order valence-electron chi connectivity index (χ4n) is 11.1. The summed E-state index contributed by atoms with van der Waals surface area (Å²) in [5, 5.41) is 13.2. The predicted octanol–water partition coefficient (Wildman–Crippen LogP) is 0.904. The van der Waals surface area contributed by atoms with Crippen molar-refractivity contribution in [1.29, 1.82) is 0 Å². The topological polar surface area (TPSA) is 104 Å². The third kappa shape index (κ3) is 2.05. The number of piperidine rings is 1. The minimum absolute atomic E-state index is 0.0303. The molecule has 5 aliphatic carbocycles. The van der Waals surface area contributed by atoms with Gasteiger partial charge in [0, 0.05) is 45.9 Å². The van der Waals surface area contributed by atoms with Gasteiger partial charge >= 0.3 is 5.97 Å². The van der Waals surface area contributed by atoms with E-state index >= 15 is 0 Å². The van der Waals surface area contributed by atoms with Crippen LogP contribution in [0.25, 0.3) is 0 Å². The van der Waals surface area contributed by atoms with Gasteiger partial charge in [0.15, 0.2) is 11.4 Å². The third-order valence-electron chi connectivity index (χ3n) is 11.7. The molecule has 5 saturated carbocycles. The van der Waals surface area contributed by atoms with E-state index < -0.39 is 46.1 Å². The van der Waals surface area contributed by atoms with Crippen LogP contribution in [0.3, 0.4) is 0 Å². The molecule has 35 heavy (non-hydrogen) atoms. The molecule has 7 rings (SSSR count). The molecule has 12 unspecified atom stereocenters. The summed E-state index contributed by atoms with van der Waals surface area (Å²) in [6.45, 7) is 7.19. The number of hydrogen-bond acceptors (Lipinski definition) is 9. The minimum atomic E-state index is -1.35. The highest BCUT2D eigenvalue weighted by Gasteiger charge is 2.97. The molecule has 9 nitrogen and oxygen atoms in total. The van der Waals surface area contributed by atoms with E-state index in [2.05, 4.69) is 18.7 Å². The van der Waals surface area contributed by atoms with E-state index in [1.54, 1.807) is 14.2 Å². The number of Topliss-reactive ketones (excluding diaryl/α,β-unsaturated/α-hetero) is 1. The summed E-state index contributed by atoms with van der Waals surface area (Å²) in [7, 11) is 3.34. The lowest BCUT2D eigenvalue weighted by molar-refractivity contribution is -0.331. The van der Waals surface area contributed by atoms with E-state index in [-0.39, 0.29) is 42.2 Å². The Morgan fingerprint density at radius 2 is 2.00 bits per heavy atom. The zero-order chi connectivity index (χ0) is 24.8. The molecule has 7 aliphatic rings. The van der Waals surface area contributed by atoms with E-state index in [1.165, 1.54) is 6.92 Å². The molecular formula is C26H37NO8. The van der Waals surface area contributed by atoms with Crippen LogP contribution in [0.5, 0.6) is 0 Å². The maximum atomic E-state index is 14.9. The van der Waals surface area contributed by atoms with Crippen molar-refractivity contribution in [2.24, 2.45) is 28.6 Å². The van der Waals surface area contributed by atoms with Gasteiger partial charge < -0.3 is 28.8 Å². The number of esters is 1. The summed E-state index contributed by atoms with van der Waals surface area (Å²) in [5.74, 6) is -1.58. The molecule has 2 aliphatic heterocycles. The van der Waals surface area contributed by atoms with Crippen LogP contribution in [0.4, 0.5) is 0 Å². The standard InChI is InChI=1S/C26H37NO8/c1-6-27-11-22(3)8-7-16(32-5)25-19(22)20(29)26(21(25)27)24(33-12-34-26)10-15(31-4)14-9-23(25,30)18(24)17(14)35-13(2)28/h14-19,21,30H,6-12H2,1-5H3. The number of likely N-dealkylation sites (N-methyl/N-ethyl adjacent to an activating group) is 1. The van der Waals surface area contributed by atoms with Gasteiger partial charge in [-0.1, -0.05) is 13.8 Å². The van der Waals surface area contributed by atoms with Crippen LogP contribution in [0.15, 0.2) is 0 Å². The van der Waals surface area contributed by atoms with Gasteiger partial charge in [0.05, 0.1) is 35.2 Å². The van der Waals surface area contributed by atoms with Crippen molar-refractivity contribution in [2.45, 2.75) is 87.6 Å². The molecule has 2 saturated heterocycles. The SMILES string of the molecule is CCN1CC2(C)CCC(OC)C34C2C(=O)C2(OCOC25CC(OC)C2CC3(O)C5C2OC(C)=O)C14. The normalized spacial score (nSPS) is 59.5. The molecule has 0 aromatic rings. The van der Waals surface area contributed by atoms with Crippen LogP contribution in [0.2, 0.25) is 0 Å². The first-order valence-electron chi connectivity index (χ1n) is 13.1. The Balaban J connectivity index is 1.59. The third-order valence-corrected chi connectivity index (χ3v) is 11.7. The Bertz CT molecular complexity index is 1010. The number of rotatable bonds is 4. The summed E-state index contributed by atoms with van der Waals surface area (Å²) in [4.78, 5) is 29.6. The smallest absolute Gasteiger partial charge is 0.302 e. The summed E-state index contributed by atoms with van der Waals surface area (Å²) in [6.07, 6.45) is 1.13. The summed E-state index contributed by atoms with van der Waals surface area (Å²) in [5.41, 5.74) is -4.97. The van der Waals surface area contributed by atoms with E-state index in [0.717, 1.165) is 25.9 Å². The second kappa shape index (κ2) is 6.66. The van der Waals surface area contributed by atoms with Crippen molar-refractivity contribution in [2.75, 3.05) is 34.1 Å². The van der Waals surface area contributed by atoms with Crippen LogP contribution in [0, 0.1) is 28.6 Å². The molecule has 7 bridgehead atoms. The molecule has 7 fully saturated rings. The second-order valence-corrected chi connectivity index (χ2v) is 12.5. The summed E-state index contributed by atoms with van der Waals surface area (Å²) < 4.78 is 31.3. The molecule has 194 valence electrons. The predicted molar refractivity (Wildman–Crippen MR) is 120 cm³/mol. The molecule has 2 heterocycles. The quantitative estimate of drug-likeness (QED) is 0.575. The largest absolute Gasteiger partial charge is 0.462 e. The molecule has 0 aromatic carbocycles. The highest BCUT2D eigenvalue weighted by Crippen LogP contribution is 2.82. The Morgan fingerprint density at radius 3 is 2.66 bits per heavy atom. The maximum absolute atomic E-state index is 14.9. The van der Waals surface area contributed by atoms with Crippen LogP contribution < -0.4 is 0 Å². The van der Waals surface area contributed by atoms with Gasteiger partial charge in [0.2, 0.25) is 0 Å². The van der Waals surface area contributed by atoms with Crippen LogP contribution in [-0.2, 0) is 33.3 Å². The first-order valence-corrected chi connectivity index (χ1v) is 13.1. The van der Waals surface area contributed by atoms with Crippen molar-refractivity contribution < 1.29 is 38.4 Å². The zero-order valence-electron chi connectivity index (χ0n) is 21.2. The number of aliphatic hydroxyl groups is 1. The van der Waals surface area contributed by atoms with Gasteiger partial charge in [0.25, 0.3) is 0 Å². The monoisotopic (exact) mass is 491 g/mol. The van der Waals surface area contributed by atoms with Crippen molar-refractivity contribution in [3.05, 3.63) is 0 Å². The summed E-state index contributed by atoms with van der Waals surface area (Å²) >= 11 is 0. The fourth-order valence-corrected chi connectivity index (χ4v) is 11.1. The van der Waals surface area contributed by atoms with Crippen LogP contribution in [-0.4, -0.2) is 97.0 Å². The lowest BCUT2D eigenvalue weighted by Crippen LogP contribution is -2.85. The maximum Gasteiger partial charge on any atom is 0.302 e. The first kappa shape index (κ1) is 23.0. The number of carbonyl (C=O) groups excluding carboxylic acids is 2. The zero-order valence-corrected chi connectivity index (χ0v) is 21.2. The van der Waals surface area contributed by atoms with Crippen molar-refractivity contribution in [1.82, 2.24) is 4.90 Å². The minimum Gasteiger partial charge on any atom is -0.462 e. The molecule has 0 radical (unpaired) electrons. The highest BCUT2D eigenvalue weighted by atomic mass is 16.7. The average Bonchev–Trinajstić information content (AvgIpc) is 3.35. The molecule has 3 spiro atoms. The fraction of sp³-hybridized carbons (Fsp3) is 0.923. The number of hydrogen-bond donors (Lipinski definition) is 1. The number of nitrogens with zero attached hydrogens (tertiary/aromatic N) is 1. The molecule has 0 amide bonds. The second-order valence-electron chi connectivity index (χ2n) is 12.5. The van der Waals surface area contributed by atoms with Gasteiger partial charge in [-0.15, -0.1) is 0 Å². The van der Waals surface area contributed by atoms with Crippen molar-refractivity contribution >= 4 is 11.8 Å². The van der Waals surface area contributed by atoms with Gasteiger partial charge in [-0.2, -0.15) is 0 Å².